The standard InChI is InChI=1S/C15H18ClNO/c1-3-11-12-7-10(16)6-4-5-9-8-15(2,13(9)12)17-14(11)18/h4,6-7,9,11H,3,5,8H2,1-2H3,(H,17,18)/b6-4+,10-7+. The molecule has 1 heterocycles. The van der Waals surface area contributed by atoms with E-state index in [4.69, 9.17) is 11.6 Å². The van der Waals surface area contributed by atoms with Crippen LogP contribution in [0.3, 0.4) is 0 Å². The Bertz CT molecular complexity index is 503. The van der Waals surface area contributed by atoms with Crippen molar-refractivity contribution in [2.24, 2.45) is 11.8 Å². The molecule has 3 rings (SSSR count). The van der Waals surface area contributed by atoms with Crippen molar-refractivity contribution in [3.8, 4) is 0 Å². The number of amides is 1. The number of hydrogen-bond acceptors (Lipinski definition) is 1. The minimum atomic E-state index is -0.123. The molecule has 0 aromatic rings. The summed E-state index contributed by atoms with van der Waals surface area (Å²) < 4.78 is 0. The van der Waals surface area contributed by atoms with E-state index in [0.717, 1.165) is 24.3 Å². The van der Waals surface area contributed by atoms with Gasteiger partial charge in [0.1, 0.15) is 0 Å². The average molecular weight is 264 g/mol. The van der Waals surface area contributed by atoms with E-state index in [2.05, 4.69) is 25.2 Å². The van der Waals surface area contributed by atoms with Gasteiger partial charge in [0, 0.05) is 5.03 Å². The highest BCUT2D eigenvalue weighted by molar-refractivity contribution is 6.31. The summed E-state index contributed by atoms with van der Waals surface area (Å²) in [6.45, 7) is 4.19. The monoisotopic (exact) mass is 263 g/mol. The van der Waals surface area contributed by atoms with Gasteiger partial charge in [-0.2, -0.15) is 0 Å². The third-order valence-corrected chi connectivity index (χ3v) is 4.69. The van der Waals surface area contributed by atoms with Crippen molar-refractivity contribution in [3.63, 3.8) is 0 Å². The highest BCUT2D eigenvalue weighted by Gasteiger charge is 2.52. The van der Waals surface area contributed by atoms with Gasteiger partial charge in [-0.25, -0.2) is 0 Å². The molecule has 3 heteroatoms. The van der Waals surface area contributed by atoms with Gasteiger partial charge in [0.05, 0.1) is 11.5 Å². The molecule has 2 nitrogen and oxygen atoms in total. The molecule has 3 aliphatic rings. The van der Waals surface area contributed by atoms with Gasteiger partial charge in [0.25, 0.3) is 0 Å². The zero-order valence-electron chi connectivity index (χ0n) is 10.8. The minimum absolute atomic E-state index is 0.0314. The fourth-order valence-corrected chi connectivity index (χ4v) is 3.92. The molecule has 3 atom stereocenters. The van der Waals surface area contributed by atoms with Crippen molar-refractivity contribution in [1.82, 2.24) is 5.32 Å². The summed E-state index contributed by atoms with van der Waals surface area (Å²) in [5.74, 6) is 0.704. The molecule has 3 unspecified atom stereocenters. The average Bonchev–Trinajstić information content (AvgIpc) is 2.24. The predicted molar refractivity (Wildman–Crippen MR) is 73.2 cm³/mol. The summed E-state index contributed by atoms with van der Waals surface area (Å²) in [4.78, 5) is 12.2. The van der Waals surface area contributed by atoms with Crippen LogP contribution in [-0.2, 0) is 4.79 Å². The van der Waals surface area contributed by atoms with E-state index in [1.807, 2.05) is 12.2 Å². The van der Waals surface area contributed by atoms with Crippen molar-refractivity contribution >= 4 is 17.5 Å². The fourth-order valence-electron chi connectivity index (χ4n) is 3.71. The third kappa shape index (κ3) is 1.58. The molecule has 1 amide bonds. The number of nitrogens with one attached hydrogen (secondary N) is 1. The zero-order chi connectivity index (χ0) is 12.9. The minimum Gasteiger partial charge on any atom is -0.347 e. The summed E-state index contributed by atoms with van der Waals surface area (Å²) >= 11 is 6.20. The lowest BCUT2D eigenvalue weighted by molar-refractivity contribution is -0.127. The number of rotatable bonds is 1. The van der Waals surface area contributed by atoms with Crippen LogP contribution in [0.15, 0.2) is 34.4 Å². The van der Waals surface area contributed by atoms with Crippen LogP contribution in [-0.4, -0.2) is 11.4 Å². The Morgan fingerprint density at radius 3 is 3.06 bits per heavy atom. The Morgan fingerprint density at radius 1 is 1.56 bits per heavy atom. The van der Waals surface area contributed by atoms with Gasteiger partial charge >= 0.3 is 0 Å². The van der Waals surface area contributed by atoms with Gasteiger partial charge in [-0.3, -0.25) is 4.79 Å². The van der Waals surface area contributed by atoms with E-state index >= 15 is 0 Å². The summed E-state index contributed by atoms with van der Waals surface area (Å²) in [7, 11) is 0. The van der Waals surface area contributed by atoms with Crippen LogP contribution in [0.1, 0.15) is 33.1 Å². The van der Waals surface area contributed by atoms with Gasteiger partial charge < -0.3 is 5.32 Å². The molecular formula is C15H18ClNO. The van der Waals surface area contributed by atoms with E-state index in [1.54, 1.807) is 0 Å². The van der Waals surface area contributed by atoms with Crippen molar-refractivity contribution in [3.05, 3.63) is 34.4 Å². The number of carbonyl (C=O) groups is 1. The lowest BCUT2D eigenvalue weighted by Crippen LogP contribution is -2.62. The van der Waals surface area contributed by atoms with E-state index < -0.39 is 0 Å². The zero-order valence-corrected chi connectivity index (χ0v) is 11.6. The SMILES string of the molecule is CCC1C(=O)NC2(C)CC3C/C=C/C(Cl)=C\C1=C32. The molecule has 0 spiro atoms. The Morgan fingerprint density at radius 2 is 2.33 bits per heavy atom. The molecular weight excluding hydrogens is 246 g/mol. The number of allylic oxidation sites excluding steroid dienone is 4. The fraction of sp³-hybridized carbons (Fsp3) is 0.533. The highest BCUT2D eigenvalue weighted by Crippen LogP contribution is 2.52. The third-order valence-electron chi connectivity index (χ3n) is 4.46. The first kappa shape index (κ1) is 12.0. The van der Waals surface area contributed by atoms with Crippen molar-refractivity contribution < 1.29 is 4.79 Å². The normalized spacial score (nSPS) is 42.8. The van der Waals surface area contributed by atoms with Crippen molar-refractivity contribution in [2.75, 3.05) is 0 Å². The smallest absolute Gasteiger partial charge is 0.228 e. The Labute approximate surface area is 113 Å². The lowest BCUT2D eigenvalue weighted by atomic mass is 9.58. The molecule has 1 N–H and O–H groups in total. The largest absolute Gasteiger partial charge is 0.347 e. The van der Waals surface area contributed by atoms with Crippen LogP contribution < -0.4 is 5.32 Å². The van der Waals surface area contributed by atoms with E-state index in [1.165, 1.54) is 11.1 Å². The summed E-state index contributed by atoms with van der Waals surface area (Å²) in [6.07, 6.45) is 9.01. The molecule has 0 aromatic carbocycles. The molecule has 0 saturated heterocycles. The molecule has 2 aliphatic carbocycles. The second-order valence-corrected chi connectivity index (χ2v) is 6.16. The first-order valence-corrected chi connectivity index (χ1v) is 7.03. The van der Waals surface area contributed by atoms with Gasteiger partial charge in [0.2, 0.25) is 5.91 Å². The molecule has 96 valence electrons. The van der Waals surface area contributed by atoms with Crippen LogP contribution in [0.25, 0.3) is 0 Å². The van der Waals surface area contributed by atoms with E-state index in [-0.39, 0.29) is 17.4 Å². The highest BCUT2D eigenvalue weighted by atomic mass is 35.5. The molecule has 0 aromatic heterocycles. The molecule has 1 fully saturated rings. The summed E-state index contributed by atoms with van der Waals surface area (Å²) in [5.41, 5.74) is 2.47. The Kier molecular flexibility index (Phi) is 2.67. The maximum atomic E-state index is 12.2. The van der Waals surface area contributed by atoms with Crippen molar-refractivity contribution in [2.45, 2.75) is 38.6 Å². The number of hydrogen-bond donors (Lipinski definition) is 1. The first-order chi connectivity index (χ1) is 8.55. The molecule has 0 radical (unpaired) electrons. The Balaban J connectivity index is 2.16. The van der Waals surface area contributed by atoms with Crippen LogP contribution in [0.5, 0.6) is 0 Å². The maximum Gasteiger partial charge on any atom is 0.228 e. The predicted octanol–water partition coefficient (Wildman–Crippen LogP) is 3.30. The van der Waals surface area contributed by atoms with Gasteiger partial charge in [0.15, 0.2) is 0 Å². The van der Waals surface area contributed by atoms with Gasteiger partial charge in [-0.15, -0.1) is 0 Å². The second kappa shape index (κ2) is 3.99. The van der Waals surface area contributed by atoms with Gasteiger partial charge in [-0.1, -0.05) is 24.6 Å². The maximum absolute atomic E-state index is 12.2. The summed E-state index contributed by atoms with van der Waals surface area (Å²) in [5, 5.41) is 3.93. The molecule has 18 heavy (non-hydrogen) atoms. The Hall–Kier alpha value is -1.02. The summed E-state index contributed by atoms with van der Waals surface area (Å²) in [6, 6.07) is 0. The van der Waals surface area contributed by atoms with Crippen LogP contribution in [0, 0.1) is 11.8 Å². The topological polar surface area (TPSA) is 29.1 Å². The van der Waals surface area contributed by atoms with Gasteiger partial charge in [-0.05, 0) is 55.4 Å². The van der Waals surface area contributed by atoms with Crippen LogP contribution in [0.2, 0.25) is 0 Å². The van der Waals surface area contributed by atoms with Crippen LogP contribution >= 0.6 is 11.6 Å². The molecule has 0 bridgehead atoms. The van der Waals surface area contributed by atoms with Crippen LogP contribution in [0.4, 0.5) is 0 Å². The van der Waals surface area contributed by atoms with Crippen molar-refractivity contribution in [1.29, 1.82) is 0 Å². The first-order valence-electron chi connectivity index (χ1n) is 6.65. The lowest BCUT2D eigenvalue weighted by Gasteiger charge is -2.54. The number of carbonyl (C=O) groups excluding carboxylic acids is 1. The van der Waals surface area contributed by atoms with E-state index in [9.17, 15) is 4.79 Å². The molecule has 1 aliphatic heterocycles. The van der Waals surface area contributed by atoms with E-state index in [0.29, 0.717) is 5.92 Å². The molecule has 1 saturated carbocycles. The quantitative estimate of drug-likeness (QED) is 0.773. The second-order valence-electron chi connectivity index (χ2n) is 5.72. The number of halogens is 1.